The molecule has 1 spiro atoms. The predicted molar refractivity (Wildman–Crippen MR) is 130 cm³/mol. The van der Waals surface area contributed by atoms with Gasteiger partial charge in [0, 0.05) is 36.3 Å². The number of carbonyl (C=O) groups excluding carboxylic acids is 3. The Morgan fingerprint density at radius 1 is 1.39 bits per heavy atom. The molecule has 202 valence electrons. The number of aromatic nitrogens is 1. The van der Waals surface area contributed by atoms with Gasteiger partial charge in [0.1, 0.15) is 17.5 Å². The monoisotopic (exact) mass is 529 g/mol. The number of halogens is 2. The molecule has 1 aliphatic carbocycles. The van der Waals surface area contributed by atoms with Crippen molar-refractivity contribution in [3.05, 3.63) is 30.0 Å². The number of rotatable bonds is 7. The third-order valence-electron chi connectivity index (χ3n) is 8.06. The van der Waals surface area contributed by atoms with Crippen molar-refractivity contribution >= 4 is 28.6 Å². The van der Waals surface area contributed by atoms with Gasteiger partial charge in [-0.05, 0) is 43.9 Å². The van der Waals surface area contributed by atoms with E-state index in [1.165, 1.54) is 7.11 Å². The molecule has 1 saturated carbocycles. The number of likely N-dealkylation sites (tertiary alicyclic amines) is 1. The highest BCUT2D eigenvalue weighted by molar-refractivity contribution is 6.02. The predicted octanol–water partition coefficient (Wildman–Crippen LogP) is 1.70. The zero-order chi connectivity index (χ0) is 27.2. The minimum Gasteiger partial charge on any atom is -0.496 e. The van der Waals surface area contributed by atoms with E-state index in [0.717, 1.165) is 11.3 Å². The molecule has 12 heteroatoms. The Kier molecular flexibility index (Phi) is 6.51. The third-order valence-corrected chi connectivity index (χ3v) is 8.06. The summed E-state index contributed by atoms with van der Waals surface area (Å²) >= 11 is 0. The Labute approximate surface area is 217 Å². The number of amides is 3. The number of alkyl halides is 2. The summed E-state index contributed by atoms with van der Waals surface area (Å²) in [6.07, 6.45) is -1.03. The first kappa shape index (κ1) is 25.9. The molecule has 5 atom stereocenters. The van der Waals surface area contributed by atoms with Gasteiger partial charge in [-0.3, -0.25) is 14.4 Å². The lowest BCUT2D eigenvalue weighted by molar-refractivity contribution is -0.129. The molecule has 1 aromatic heterocycles. The van der Waals surface area contributed by atoms with Gasteiger partial charge in [-0.1, -0.05) is 6.07 Å². The Morgan fingerprint density at radius 2 is 2.16 bits per heavy atom. The number of nitriles is 1. The van der Waals surface area contributed by atoms with Crippen molar-refractivity contribution in [2.45, 2.75) is 56.2 Å². The number of piperidine rings is 1. The lowest BCUT2D eigenvalue weighted by atomic mass is 9.89. The molecule has 1 aromatic carbocycles. The molecule has 5 rings (SSSR count). The third kappa shape index (κ3) is 4.45. The van der Waals surface area contributed by atoms with Crippen LogP contribution in [0.4, 0.5) is 8.78 Å². The molecule has 3 fully saturated rings. The number of hydrogen-bond donors (Lipinski definition) is 4. The van der Waals surface area contributed by atoms with E-state index < -0.39 is 53.7 Å². The van der Waals surface area contributed by atoms with Gasteiger partial charge in [-0.2, -0.15) is 5.26 Å². The minimum atomic E-state index is -3.00. The number of methoxy groups -OCH3 is 1. The zero-order valence-electron chi connectivity index (χ0n) is 20.8. The number of fused-ring (bicyclic) bond motifs is 1. The van der Waals surface area contributed by atoms with Crippen LogP contribution < -0.4 is 15.4 Å². The maximum atomic E-state index is 14.4. The number of H-pyrrole nitrogens is 1. The number of benzene rings is 1. The normalized spacial score (nSPS) is 27.4. The Hall–Kier alpha value is -3.72. The summed E-state index contributed by atoms with van der Waals surface area (Å²) in [5.74, 6) is -4.59. The summed E-state index contributed by atoms with van der Waals surface area (Å²) < 4.78 is 34.2. The number of ether oxygens (including phenoxy) is 1. The second kappa shape index (κ2) is 9.54. The summed E-state index contributed by atoms with van der Waals surface area (Å²) in [5.41, 5.74) is -0.765. The topological polar surface area (TPSA) is 148 Å². The average molecular weight is 530 g/mol. The number of aromatic amines is 1. The van der Waals surface area contributed by atoms with Crippen molar-refractivity contribution in [2.24, 2.45) is 11.3 Å². The maximum absolute atomic E-state index is 14.4. The molecule has 3 amide bonds. The molecule has 0 bridgehead atoms. The summed E-state index contributed by atoms with van der Waals surface area (Å²) in [7, 11) is 1.49. The first-order chi connectivity index (χ1) is 18.1. The summed E-state index contributed by atoms with van der Waals surface area (Å²) in [6, 6.07) is 6.11. The number of aliphatic hydroxyl groups is 1. The van der Waals surface area contributed by atoms with Crippen molar-refractivity contribution in [1.29, 1.82) is 5.26 Å². The van der Waals surface area contributed by atoms with Crippen molar-refractivity contribution in [2.75, 3.05) is 20.2 Å². The molecule has 10 nitrogen and oxygen atoms in total. The second-order valence-corrected chi connectivity index (χ2v) is 10.5. The van der Waals surface area contributed by atoms with Crippen molar-refractivity contribution in [3.63, 3.8) is 0 Å². The van der Waals surface area contributed by atoms with Gasteiger partial charge in [0.2, 0.25) is 11.8 Å². The van der Waals surface area contributed by atoms with Crippen LogP contribution in [0.25, 0.3) is 10.9 Å². The standard InChI is InChI=1S/C26H29F2N5O5/c1-38-21-6-2-5-16-15(21)9-18(31-16)24(37)33-13-25(12-26(25,27)28)10-19(33)23(36)32-17(20(34)11-29)8-14-4-3-7-30-22(14)35/h2,5-6,9,14,17,19-20,31,34H,3-4,7-8,10,12-13H2,1H3,(H,30,35)(H,32,36)/t14-,17-,19-,20?,25-/m0/s1. The van der Waals surface area contributed by atoms with Crippen LogP contribution in [0.1, 0.15) is 42.6 Å². The molecule has 1 unspecified atom stereocenters. The van der Waals surface area contributed by atoms with Crippen LogP contribution in [0.5, 0.6) is 5.75 Å². The van der Waals surface area contributed by atoms with Crippen molar-refractivity contribution < 1.29 is 33.0 Å². The molecule has 0 radical (unpaired) electrons. The highest BCUT2D eigenvalue weighted by atomic mass is 19.3. The van der Waals surface area contributed by atoms with E-state index in [0.29, 0.717) is 29.6 Å². The Bertz CT molecular complexity index is 1320. The molecule has 2 aliphatic heterocycles. The molecular formula is C26H29F2N5O5. The minimum absolute atomic E-state index is 0.0100. The van der Waals surface area contributed by atoms with Gasteiger partial charge in [0.05, 0.1) is 24.6 Å². The van der Waals surface area contributed by atoms with E-state index in [1.807, 2.05) is 0 Å². The zero-order valence-corrected chi connectivity index (χ0v) is 20.8. The van der Waals surface area contributed by atoms with Gasteiger partial charge in [-0.15, -0.1) is 0 Å². The van der Waals surface area contributed by atoms with Crippen LogP contribution in [0.3, 0.4) is 0 Å². The van der Waals surface area contributed by atoms with Crippen LogP contribution in [-0.2, 0) is 9.59 Å². The highest BCUT2D eigenvalue weighted by Gasteiger charge is 2.75. The van der Waals surface area contributed by atoms with Crippen LogP contribution in [-0.4, -0.2) is 77.0 Å². The molecule has 4 N–H and O–H groups in total. The number of carbonyl (C=O) groups is 3. The number of nitrogens with one attached hydrogen (secondary N) is 3. The van der Waals surface area contributed by atoms with E-state index in [-0.39, 0.29) is 31.0 Å². The number of aliphatic hydroxyl groups excluding tert-OH is 1. The molecule has 2 aromatic rings. The van der Waals surface area contributed by atoms with Gasteiger partial charge in [0.25, 0.3) is 11.8 Å². The van der Waals surface area contributed by atoms with Gasteiger partial charge >= 0.3 is 0 Å². The van der Waals surface area contributed by atoms with Crippen molar-refractivity contribution in [1.82, 2.24) is 20.5 Å². The van der Waals surface area contributed by atoms with Crippen LogP contribution in [0.2, 0.25) is 0 Å². The lowest BCUT2D eigenvalue weighted by Gasteiger charge is -2.30. The molecule has 3 aliphatic rings. The molecule has 38 heavy (non-hydrogen) atoms. The van der Waals surface area contributed by atoms with Crippen LogP contribution >= 0.6 is 0 Å². The highest BCUT2D eigenvalue weighted by Crippen LogP contribution is 2.66. The molecule has 2 saturated heterocycles. The second-order valence-electron chi connectivity index (χ2n) is 10.5. The van der Waals surface area contributed by atoms with Crippen LogP contribution in [0, 0.1) is 22.7 Å². The van der Waals surface area contributed by atoms with Crippen molar-refractivity contribution in [3.8, 4) is 11.8 Å². The van der Waals surface area contributed by atoms with E-state index in [4.69, 9.17) is 4.74 Å². The smallest absolute Gasteiger partial charge is 0.271 e. The first-order valence-corrected chi connectivity index (χ1v) is 12.6. The molecular weight excluding hydrogens is 500 g/mol. The van der Waals surface area contributed by atoms with Crippen LogP contribution in [0.15, 0.2) is 24.3 Å². The van der Waals surface area contributed by atoms with E-state index in [9.17, 15) is 33.5 Å². The van der Waals surface area contributed by atoms with E-state index in [2.05, 4.69) is 15.6 Å². The lowest BCUT2D eigenvalue weighted by Crippen LogP contribution is -2.53. The summed E-state index contributed by atoms with van der Waals surface area (Å²) in [4.78, 5) is 43.4. The summed E-state index contributed by atoms with van der Waals surface area (Å²) in [6.45, 7) is 0.224. The fourth-order valence-corrected chi connectivity index (χ4v) is 5.78. The Balaban J connectivity index is 1.40. The van der Waals surface area contributed by atoms with Gasteiger partial charge in [-0.25, -0.2) is 8.78 Å². The average Bonchev–Trinajstić information content (AvgIpc) is 3.25. The molecule has 3 heterocycles. The SMILES string of the molecule is COc1cccc2[nH]c(C(=O)N3C[C@]4(C[C@H]3C(=O)N[C@@H](C[C@@H]3CCCNC3=O)C(O)C#N)CC4(F)F)cc12. The van der Waals surface area contributed by atoms with E-state index >= 15 is 0 Å². The largest absolute Gasteiger partial charge is 0.496 e. The number of hydrogen-bond acceptors (Lipinski definition) is 6. The van der Waals surface area contributed by atoms with Gasteiger partial charge < -0.3 is 30.4 Å². The quantitative estimate of drug-likeness (QED) is 0.402. The van der Waals surface area contributed by atoms with E-state index in [1.54, 1.807) is 30.3 Å². The maximum Gasteiger partial charge on any atom is 0.271 e. The number of nitrogens with zero attached hydrogens (tertiary/aromatic N) is 2. The fourth-order valence-electron chi connectivity index (χ4n) is 5.78. The summed E-state index contributed by atoms with van der Waals surface area (Å²) in [5, 5.41) is 25.5. The fraction of sp³-hybridized carbons (Fsp3) is 0.538. The Morgan fingerprint density at radius 3 is 2.82 bits per heavy atom. The van der Waals surface area contributed by atoms with Gasteiger partial charge in [0.15, 0.2) is 6.10 Å². The first-order valence-electron chi connectivity index (χ1n) is 12.6.